The number of sulfone groups is 1. The molecule has 242 valence electrons. The van der Waals surface area contributed by atoms with Crippen molar-refractivity contribution in [3.63, 3.8) is 0 Å². The van der Waals surface area contributed by atoms with Crippen molar-refractivity contribution in [3.05, 3.63) is 94.5 Å². The lowest BCUT2D eigenvalue weighted by molar-refractivity contribution is -0.953. The van der Waals surface area contributed by atoms with Crippen molar-refractivity contribution in [2.75, 3.05) is 52.1 Å². The van der Waals surface area contributed by atoms with E-state index in [1.807, 2.05) is 50.4 Å². The fraction of sp³-hybridized carbons (Fsp3) is 0.514. The number of quaternary nitrogens is 1. The molecule has 3 aromatic rings. The van der Waals surface area contributed by atoms with Crippen LogP contribution in [0, 0.1) is 5.41 Å². The molecule has 3 fully saturated rings. The number of aliphatic hydroxyl groups is 1. The van der Waals surface area contributed by atoms with Crippen molar-refractivity contribution in [3.8, 4) is 5.75 Å². The van der Waals surface area contributed by atoms with E-state index in [-0.39, 0.29) is 5.75 Å². The number of hydrogen-bond acceptors (Lipinski definition) is 6. The number of hydrogen-bond donors (Lipinski definition) is 2. The van der Waals surface area contributed by atoms with Gasteiger partial charge < -0.3 is 19.6 Å². The van der Waals surface area contributed by atoms with Crippen molar-refractivity contribution in [1.29, 1.82) is 0 Å². The van der Waals surface area contributed by atoms with Crippen LogP contribution in [-0.2, 0) is 29.5 Å². The van der Waals surface area contributed by atoms with Crippen molar-refractivity contribution in [2.45, 2.75) is 69.7 Å². The van der Waals surface area contributed by atoms with Gasteiger partial charge in [0.2, 0.25) is 0 Å². The lowest BCUT2D eigenvalue weighted by atomic mass is 9.71. The Morgan fingerprint density at radius 3 is 2.24 bits per heavy atom. The Labute approximate surface area is 269 Å². The highest BCUT2D eigenvalue weighted by Gasteiger charge is 2.47. The summed E-state index contributed by atoms with van der Waals surface area (Å²) >= 11 is 0. The molecule has 0 aliphatic carbocycles. The third kappa shape index (κ3) is 6.86. The van der Waals surface area contributed by atoms with Crippen LogP contribution in [0.1, 0.15) is 66.8 Å². The maximum absolute atomic E-state index is 13.7. The number of benzene rings is 3. The average molecular weight is 633 g/mol. The molecule has 7 nitrogen and oxygen atoms in total. The highest BCUT2D eigenvalue weighted by atomic mass is 32.2. The van der Waals surface area contributed by atoms with Gasteiger partial charge in [-0.2, -0.15) is 0 Å². The van der Waals surface area contributed by atoms with Gasteiger partial charge in [-0.25, -0.2) is 8.42 Å². The first kappa shape index (κ1) is 32.2. The highest BCUT2D eigenvalue weighted by molar-refractivity contribution is 7.91. The smallest absolute Gasteiger partial charge is 0.179 e. The van der Waals surface area contributed by atoms with Crippen LogP contribution in [0.3, 0.4) is 0 Å². The van der Waals surface area contributed by atoms with Crippen LogP contribution in [0.2, 0.25) is 0 Å². The minimum absolute atomic E-state index is 0.0609. The summed E-state index contributed by atoms with van der Waals surface area (Å²) in [6, 6.07) is 22.3. The lowest BCUT2D eigenvalue weighted by Gasteiger charge is -2.50. The van der Waals surface area contributed by atoms with Gasteiger partial charge in [-0.15, -0.1) is 0 Å². The Balaban J connectivity index is 1.20. The van der Waals surface area contributed by atoms with E-state index in [9.17, 15) is 13.5 Å². The van der Waals surface area contributed by atoms with Crippen molar-refractivity contribution < 1.29 is 22.7 Å². The molecule has 0 radical (unpaired) electrons. The zero-order chi connectivity index (χ0) is 31.7. The van der Waals surface area contributed by atoms with Gasteiger partial charge in [0.1, 0.15) is 18.9 Å². The molecule has 0 saturated carbocycles. The van der Waals surface area contributed by atoms with E-state index in [0.29, 0.717) is 30.0 Å². The number of ether oxygens (including phenoxy) is 1. The molecule has 4 aliphatic rings. The largest absolute Gasteiger partial charge is 0.489 e. The quantitative estimate of drug-likeness (QED) is 0.286. The SMILES string of the molecule is CCCCC1(C)CS(=O)(=O)c2ccc(CNC)cc2[C@@H](c2ccc(OCc3ccc(C[N+]45CCN(CC4)CC5)cc3)cc2)[C@H]1O. The highest BCUT2D eigenvalue weighted by Crippen LogP contribution is 2.47. The fourth-order valence-electron chi connectivity index (χ4n) is 7.81. The maximum atomic E-state index is 13.7. The van der Waals surface area contributed by atoms with Gasteiger partial charge in [-0.05, 0) is 53.9 Å². The summed E-state index contributed by atoms with van der Waals surface area (Å²) in [5.41, 5.74) is 4.33. The number of rotatable bonds is 11. The van der Waals surface area contributed by atoms with E-state index in [4.69, 9.17) is 4.74 Å². The first-order chi connectivity index (χ1) is 21.6. The molecule has 8 heteroatoms. The topological polar surface area (TPSA) is 78.9 Å². The Bertz CT molecular complexity index is 1550. The van der Waals surface area contributed by atoms with Gasteiger partial charge in [0.15, 0.2) is 9.84 Å². The van der Waals surface area contributed by atoms with Crippen LogP contribution < -0.4 is 10.1 Å². The number of nitrogens with one attached hydrogen (secondary N) is 1. The summed E-state index contributed by atoms with van der Waals surface area (Å²) in [5, 5.41) is 15.2. The normalized spacial score (nSPS) is 28.8. The molecular weight excluding hydrogens is 582 g/mol. The van der Waals surface area contributed by atoms with Gasteiger partial charge >= 0.3 is 0 Å². The van der Waals surface area contributed by atoms with E-state index in [1.54, 1.807) is 6.07 Å². The molecule has 2 N–H and O–H groups in total. The van der Waals surface area contributed by atoms with E-state index in [2.05, 4.69) is 41.4 Å². The summed E-state index contributed by atoms with van der Waals surface area (Å²) in [5.74, 6) is 0.224. The zero-order valence-corrected chi connectivity index (χ0v) is 28.0. The van der Waals surface area contributed by atoms with Crippen molar-refractivity contribution in [1.82, 2.24) is 10.2 Å². The predicted molar refractivity (Wildman–Crippen MR) is 179 cm³/mol. The molecule has 4 heterocycles. The number of unbranched alkanes of at least 4 members (excludes halogenated alkanes) is 1. The average Bonchev–Trinajstić information content (AvgIpc) is 3.11. The first-order valence-corrected chi connectivity index (χ1v) is 18.4. The Morgan fingerprint density at radius 2 is 1.60 bits per heavy atom. The molecule has 4 aliphatic heterocycles. The van der Waals surface area contributed by atoms with E-state index in [0.717, 1.165) is 41.8 Å². The van der Waals surface area contributed by atoms with Gasteiger partial charge in [0.25, 0.3) is 0 Å². The molecule has 45 heavy (non-hydrogen) atoms. The monoisotopic (exact) mass is 632 g/mol. The summed E-state index contributed by atoms with van der Waals surface area (Å²) in [6.45, 7) is 13.7. The summed E-state index contributed by atoms with van der Waals surface area (Å²) in [6.07, 6.45) is 1.61. The van der Waals surface area contributed by atoms with Gasteiger partial charge in [0.05, 0.1) is 36.4 Å². The standard InChI is InChI=1S/C37H50N3O4S/c1-4-5-16-37(2)27-45(42,43)34-15-10-30(24-38-3)23-33(34)35(36(37)41)31-11-13-32(14-12-31)44-26-29-8-6-28(7-9-29)25-40-20-17-39(18-21-40)19-22-40/h6-15,23,35-36,38,41H,4-5,16-22,24-27H2,1-3H3/q+1/t35-,36-,37?/m1/s1. The summed E-state index contributed by atoms with van der Waals surface area (Å²) in [4.78, 5) is 2.92. The molecule has 3 atom stereocenters. The molecule has 0 aromatic heterocycles. The summed E-state index contributed by atoms with van der Waals surface area (Å²) < 4.78 is 34.9. The van der Waals surface area contributed by atoms with Crippen molar-refractivity contribution >= 4 is 9.84 Å². The predicted octanol–water partition coefficient (Wildman–Crippen LogP) is 5.11. The van der Waals surface area contributed by atoms with Crippen LogP contribution in [-0.4, -0.2) is 81.1 Å². The molecule has 7 rings (SSSR count). The molecule has 1 unspecified atom stereocenters. The minimum atomic E-state index is -3.59. The fourth-order valence-corrected chi connectivity index (χ4v) is 9.96. The molecular formula is C37H50N3O4S+. The second-order valence-electron chi connectivity index (χ2n) is 14.0. The summed E-state index contributed by atoms with van der Waals surface area (Å²) in [7, 11) is -1.72. The van der Waals surface area contributed by atoms with Gasteiger partial charge in [-0.1, -0.05) is 75.2 Å². The maximum Gasteiger partial charge on any atom is 0.179 e. The first-order valence-electron chi connectivity index (χ1n) is 16.7. The second-order valence-corrected chi connectivity index (χ2v) is 16.0. The Morgan fingerprint density at radius 1 is 0.956 bits per heavy atom. The number of piperazine rings is 3. The van der Waals surface area contributed by atoms with E-state index < -0.39 is 27.3 Å². The van der Waals surface area contributed by atoms with Crippen LogP contribution in [0.4, 0.5) is 0 Å². The molecule has 0 spiro atoms. The van der Waals surface area contributed by atoms with E-state index in [1.165, 1.54) is 49.3 Å². The van der Waals surface area contributed by atoms with Crippen LogP contribution >= 0.6 is 0 Å². The van der Waals surface area contributed by atoms with Crippen LogP contribution in [0.15, 0.2) is 71.6 Å². The number of fused-ring (bicyclic) bond motifs is 4. The van der Waals surface area contributed by atoms with Gasteiger partial charge in [0, 0.05) is 43.1 Å². The van der Waals surface area contributed by atoms with Crippen LogP contribution in [0.25, 0.3) is 0 Å². The van der Waals surface area contributed by atoms with Gasteiger partial charge in [-0.3, -0.25) is 4.90 Å². The Hall–Kier alpha value is -2.75. The van der Waals surface area contributed by atoms with E-state index >= 15 is 0 Å². The lowest BCUT2D eigenvalue weighted by Crippen LogP contribution is -2.66. The van der Waals surface area contributed by atoms with Crippen LogP contribution in [0.5, 0.6) is 5.75 Å². The Kier molecular flexibility index (Phi) is 9.42. The third-order valence-corrected chi connectivity index (χ3v) is 12.7. The molecule has 3 aromatic carbocycles. The second kappa shape index (κ2) is 13.2. The zero-order valence-electron chi connectivity index (χ0n) is 27.2. The number of nitrogens with zero attached hydrogens (tertiary/aromatic N) is 2. The third-order valence-electron chi connectivity index (χ3n) is 10.6. The molecule has 0 amide bonds. The molecule has 3 saturated heterocycles. The minimum Gasteiger partial charge on any atom is -0.489 e. The molecule has 2 bridgehead atoms. The van der Waals surface area contributed by atoms with Crippen molar-refractivity contribution in [2.24, 2.45) is 5.41 Å². The number of aliphatic hydroxyl groups excluding tert-OH is 1.